The molecule has 3 rings (SSSR count). The second kappa shape index (κ2) is 13.1. The molecule has 3 aromatic rings. The van der Waals surface area contributed by atoms with E-state index in [4.69, 9.17) is 4.74 Å². The molecule has 0 aliphatic rings. The lowest BCUT2D eigenvalue weighted by Gasteiger charge is -2.22. The van der Waals surface area contributed by atoms with E-state index in [1.165, 1.54) is 5.56 Å². The molecule has 1 unspecified atom stereocenters. The Labute approximate surface area is 211 Å². The Morgan fingerprint density at radius 3 is 2.77 bits per heavy atom. The van der Waals surface area contributed by atoms with E-state index in [9.17, 15) is 15.2 Å². The van der Waals surface area contributed by atoms with Gasteiger partial charge in [0.15, 0.2) is 0 Å². The van der Waals surface area contributed by atoms with Crippen molar-refractivity contribution in [2.45, 2.75) is 39.2 Å². The number of thiazole rings is 1. The molecule has 0 spiro atoms. The smallest absolute Gasteiger partial charge is 0.137 e. The van der Waals surface area contributed by atoms with Crippen LogP contribution in [0.4, 0.5) is 0 Å². The summed E-state index contributed by atoms with van der Waals surface area (Å²) in [4.78, 5) is 19.0. The molecule has 0 radical (unpaired) electrons. The van der Waals surface area contributed by atoms with Gasteiger partial charge in [0.05, 0.1) is 23.2 Å². The number of aliphatic hydroxyl groups is 1. The minimum atomic E-state index is -0.00266. The van der Waals surface area contributed by atoms with Crippen molar-refractivity contribution in [3.63, 3.8) is 0 Å². The van der Waals surface area contributed by atoms with Crippen LogP contribution in [0.25, 0.3) is 21.0 Å². The lowest BCUT2D eigenvalue weighted by atomic mass is 9.94. The number of nitriles is 1. The van der Waals surface area contributed by atoms with E-state index < -0.39 is 0 Å². The van der Waals surface area contributed by atoms with Gasteiger partial charge < -0.3 is 19.5 Å². The Bertz CT molecular complexity index is 1150. The molecule has 0 saturated heterocycles. The van der Waals surface area contributed by atoms with Gasteiger partial charge in [-0.05, 0) is 69.0 Å². The van der Waals surface area contributed by atoms with Gasteiger partial charge in [0, 0.05) is 31.3 Å². The summed E-state index contributed by atoms with van der Waals surface area (Å²) in [6, 6.07) is 16.2. The molecule has 1 atom stereocenters. The molecule has 1 heterocycles. The molecule has 0 fully saturated rings. The van der Waals surface area contributed by atoms with Gasteiger partial charge in [-0.1, -0.05) is 24.3 Å². The average Bonchev–Trinajstić information content (AvgIpc) is 3.33. The first-order valence-corrected chi connectivity index (χ1v) is 12.7. The topological polar surface area (TPSA) is 86.4 Å². The van der Waals surface area contributed by atoms with Gasteiger partial charge in [0.2, 0.25) is 0 Å². The molecule has 0 aliphatic carbocycles. The fourth-order valence-electron chi connectivity index (χ4n) is 4.10. The SMILES string of the molecule is CC(C)Oc1ccc(-c2ncc(-c3ccccc3CCC(CC=O)CN(C)CCO)s2)cc1C#N. The van der Waals surface area contributed by atoms with Crippen LogP contribution in [-0.4, -0.2) is 54.1 Å². The van der Waals surface area contributed by atoms with E-state index in [1.54, 1.807) is 11.3 Å². The third-order valence-electron chi connectivity index (χ3n) is 5.80. The second-order valence-corrected chi connectivity index (χ2v) is 10.00. The van der Waals surface area contributed by atoms with Crippen LogP contribution in [0.15, 0.2) is 48.7 Å². The van der Waals surface area contributed by atoms with Crippen molar-refractivity contribution in [3.05, 3.63) is 59.8 Å². The number of hydrogen-bond donors (Lipinski definition) is 1. The lowest BCUT2D eigenvalue weighted by molar-refractivity contribution is -0.108. The highest BCUT2D eigenvalue weighted by atomic mass is 32.1. The Kier molecular flexibility index (Phi) is 9.98. The van der Waals surface area contributed by atoms with Gasteiger partial charge >= 0.3 is 0 Å². The Morgan fingerprint density at radius 1 is 1.26 bits per heavy atom. The van der Waals surface area contributed by atoms with Crippen LogP contribution in [0.1, 0.15) is 37.8 Å². The molecule has 1 aromatic heterocycles. The number of benzene rings is 2. The Morgan fingerprint density at radius 2 is 2.06 bits per heavy atom. The zero-order chi connectivity index (χ0) is 25.2. The summed E-state index contributed by atoms with van der Waals surface area (Å²) in [6.07, 6.45) is 5.14. The normalized spacial score (nSPS) is 12.0. The number of rotatable bonds is 13. The fraction of sp³-hybridized carbons (Fsp3) is 0.393. The van der Waals surface area contributed by atoms with Gasteiger partial charge in [0.1, 0.15) is 23.1 Å². The van der Waals surface area contributed by atoms with Gasteiger partial charge in [-0.2, -0.15) is 5.26 Å². The lowest BCUT2D eigenvalue weighted by Crippen LogP contribution is -2.29. The molecular weight excluding hydrogens is 458 g/mol. The number of carbonyl (C=O) groups excluding carboxylic acids is 1. The summed E-state index contributed by atoms with van der Waals surface area (Å²) in [6.45, 7) is 5.38. The minimum absolute atomic E-state index is 0.00266. The van der Waals surface area contributed by atoms with Gasteiger partial charge in [-0.15, -0.1) is 11.3 Å². The molecule has 35 heavy (non-hydrogen) atoms. The van der Waals surface area contributed by atoms with Crippen molar-refractivity contribution in [2.75, 3.05) is 26.7 Å². The third kappa shape index (κ3) is 7.46. The van der Waals surface area contributed by atoms with E-state index in [0.717, 1.165) is 46.7 Å². The molecule has 0 saturated carbocycles. The highest BCUT2D eigenvalue weighted by Gasteiger charge is 2.16. The molecule has 184 valence electrons. The average molecular weight is 492 g/mol. The third-order valence-corrected chi connectivity index (χ3v) is 6.88. The van der Waals surface area contributed by atoms with Crippen molar-refractivity contribution in [2.24, 2.45) is 5.92 Å². The summed E-state index contributed by atoms with van der Waals surface area (Å²) in [5.41, 5.74) is 3.76. The second-order valence-electron chi connectivity index (χ2n) is 8.97. The maximum Gasteiger partial charge on any atom is 0.137 e. The summed E-state index contributed by atoms with van der Waals surface area (Å²) in [5, 5.41) is 19.6. The van der Waals surface area contributed by atoms with Gasteiger partial charge in [0.25, 0.3) is 0 Å². The van der Waals surface area contributed by atoms with Crippen molar-refractivity contribution in [3.8, 4) is 32.8 Å². The maximum absolute atomic E-state index is 11.2. The Balaban J connectivity index is 1.79. The van der Waals surface area contributed by atoms with Crippen LogP contribution >= 0.6 is 11.3 Å². The van der Waals surface area contributed by atoms with E-state index >= 15 is 0 Å². The molecule has 0 amide bonds. The molecule has 0 bridgehead atoms. The molecule has 6 nitrogen and oxygen atoms in total. The minimum Gasteiger partial charge on any atom is -0.490 e. The molecule has 7 heteroatoms. The molecule has 2 aromatic carbocycles. The van der Waals surface area contributed by atoms with E-state index in [1.807, 2.05) is 57.4 Å². The Hall–Kier alpha value is -3.05. The van der Waals surface area contributed by atoms with Gasteiger partial charge in [-0.25, -0.2) is 4.98 Å². The number of aldehydes is 1. The highest BCUT2D eigenvalue weighted by Crippen LogP contribution is 2.36. The predicted molar refractivity (Wildman–Crippen MR) is 141 cm³/mol. The standard InChI is InChI=1S/C28H33N3O3S/c1-20(2)34-26-11-10-23(16-24(26)17-29)28-30-18-27(35-28)25-7-5-4-6-22(25)9-8-21(12-14-32)19-31(3)13-15-33/h4-7,10-11,14,16,18,20-21,33H,8-9,12-13,15,19H2,1-3H3. The van der Waals surface area contributed by atoms with Crippen molar-refractivity contribution in [1.29, 1.82) is 5.26 Å². The maximum atomic E-state index is 11.2. The van der Waals surface area contributed by atoms with E-state index in [2.05, 4.69) is 28.1 Å². The van der Waals surface area contributed by atoms with Crippen LogP contribution in [0.3, 0.4) is 0 Å². The number of aromatic nitrogens is 1. The van der Waals surface area contributed by atoms with E-state index in [-0.39, 0.29) is 18.6 Å². The number of hydrogen-bond acceptors (Lipinski definition) is 7. The van der Waals surface area contributed by atoms with Crippen molar-refractivity contribution in [1.82, 2.24) is 9.88 Å². The zero-order valence-electron chi connectivity index (χ0n) is 20.6. The number of nitrogens with zero attached hydrogens (tertiary/aromatic N) is 3. The zero-order valence-corrected chi connectivity index (χ0v) is 21.4. The quantitative estimate of drug-likeness (QED) is 0.331. The van der Waals surface area contributed by atoms with Crippen molar-refractivity contribution >= 4 is 17.6 Å². The molecule has 1 N–H and O–H groups in total. The molecular formula is C28H33N3O3S. The highest BCUT2D eigenvalue weighted by molar-refractivity contribution is 7.18. The van der Waals surface area contributed by atoms with E-state index in [0.29, 0.717) is 24.3 Å². The number of likely N-dealkylation sites (N-methyl/N-ethyl adjacent to an activating group) is 1. The number of aliphatic hydroxyl groups excluding tert-OH is 1. The summed E-state index contributed by atoms with van der Waals surface area (Å²) < 4.78 is 5.74. The summed E-state index contributed by atoms with van der Waals surface area (Å²) in [5.74, 6) is 0.827. The number of ether oxygens (including phenoxy) is 1. The summed E-state index contributed by atoms with van der Waals surface area (Å²) in [7, 11) is 1.97. The largest absolute Gasteiger partial charge is 0.490 e. The van der Waals surface area contributed by atoms with Crippen LogP contribution in [-0.2, 0) is 11.2 Å². The van der Waals surface area contributed by atoms with Crippen LogP contribution in [0, 0.1) is 17.2 Å². The predicted octanol–water partition coefficient (Wildman–Crippen LogP) is 5.20. The van der Waals surface area contributed by atoms with Crippen LogP contribution < -0.4 is 4.74 Å². The van der Waals surface area contributed by atoms with Crippen LogP contribution in [0.5, 0.6) is 5.75 Å². The summed E-state index contributed by atoms with van der Waals surface area (Å²) >= 11 is 1.60. The molecule has 0 aliphatic heterocycles. The first kappa shape index (κ1) is 26.6. The first-order chi connectivity index (χ1) is 16.9. The number of carbonyl (C=O) groups is 1. The van der Waals surface area contributed by atoms with Crippen molar-refractivity contribution < 1.29 is 14.6 Å². The monoisotopic (exact) mass is 491 g/mol. The number of aryl methyl sites for hydroxylation is 1. The fourth-order valence-corrected chi connectivity index (χ4v) is 5.07. The van der Waals surface area contributed by atoms with Gasteiger partial charge in [-0.3, -0.25) is 0 Å². The van der Waals surface area contributed by atoms with Crippen LogP contribution in [0.2, 0.25) is 0 Å². The first-order valence-electron chi connectivity index (χ1n) is 11.9.